The predicted octanol–water partition coefficient (Wildman–Crippen LogP) is 4.19. The highest BCUT2D eigenvalue weighted by molar-refractivity contribution is 7.99. The van der Waals surface area contributed by atoms with Gasteiger partial charge in [0.25, 0.3) is 5.91 Å². The van der Waals surface area contributed by atoms with E-state index in [4.69, 9.17) is 4.98 Å². The Morgan fingerprint density at radius 2 is 1.87 bits per heavy atom. The number of rotatable bonds is 7. The highest BCUT2D eigenvalue weighted by atomic mass is 32.2. The fourth-order valence-corrected chi connectivity index (χ4v) is 7.63. The summed E-state index contributed by atoms with van der Waals surface area (Å²) in [4.78, 5) is 31.6. The zero-order valence-corrected chi connectivity index (χ0v) is 19.1. The average Bonchev–Trinajstić information content (AvgIpc) is 3.24. The van der Waals surface area contributed by atoms with Gasteiger partial charge in [0.05, 0.1) is 5.56 Å². The molecule has 0 aromatic carbocycles. The molecule has 5 aliphatic rings. The Kier molecular flexibility index (Phi) is 5.88. The molecular formula is C24H33N3O3S. The van der Waals surface area contributed by atoms with Crippen molar-refractivity contribution in [1.29, 1.82) is 0 Å². The van der Waals surface area contributed by atoms with Crippen LogP contribution in [-0.4, -0.2) is 46.3 Å². The number of nitrogens with one attached hydrogen (secondary N) is 1. The van der Waals surface area contributed by atoms with E-state index in [0.717, 1.165) is 35.5 Å². The smallest absolute Gasteiger partial charge is 0.326 e. The van der Waals surface area contributed by atoms with Gasteiger partial charge < -0.3 is 15.3 Å². The highest BCUT2D eigenvalue weighted by Crippen LogP contribution is 2.53. The fraction of sp³-hybridized carbons (Fsp3) is 0.708. The predicted molar refractivity (Wildman–Crippen MR) is 122 cm³/mol. The van der Waals surface area contributed by atoms with Gasteiger partial charge in [-0.3, -0.25) is 4.79 Å². The van der Waals surface area contributed by atoms with Crippen LogP contribution in [0.15, 0.2) is 17.2 Å². The van der Waals surface area contributed by atoms with Crippen LogP contribution in [0, 0.1) is 23.7 Å². The molecule has 6 nitrogen and oxygen atoms in total. The lowest BCUT2D eigenvalue weighted by atomic mass is 9.54. The Morgan fingerprint density at radius 3 is 2.52 bits per heavy atom. The summed E-state index contributed by atoms with van der Waals surface area (Å²) in [6, 6.07) is 3.48. The van der Waals surface area contributed by atoms with Gasteiger partial charge in [0, 0.05) is 12.6 Å². The highest BCUT2D eigenvalue weighted by Gasteiger charge is 2.48. The van der Waals surface area contributed by atoms with Crippen molar-refractivity contribution in [3.63, 3.8) is 0 Å². The number of carbonyl (C=O) groups is 2. The van der Waals surface area contributed by atoms with Crippen LogP contribution < -0.4 is 10.2 Å². The van der Waals surface area contributed by atoms with Crippen LogP contribution in [0.1, 0.15) is 68.6 Å². The molecule has 1 aromatic rings. The van der Waals surface area contributed by atoms with Gasteiger partial charge >= 0.3 is 5.97 Å². The van der Waals surface area contributed by atoms with Crippen LogP contribution in [0.2, 0.25) is 0 Å². The number of aliphatic carboxylic acids is 1. The molecule has 0 radical (unpaired) electrons. The zero-order valence-electron chi connectivity index (χ0n) is 18.3. The molecule has 1 unspecified atom stereocenters. The molecule has 1 atom stereocenters. The maximum absolute atomic E-state index is 13.4. The van der Waals surface area contributed by atoms with Crippen LogP contribution >= 0.6 is 11.8 Å². The third-order valence-corrected chi connectivity index (χ3v) is 9.09. The van der Waals surface area contributed by atoms with Gasteiger partial charge in [0.15, 0.2) is 0 Å². The first-order chi connectivity index (χ1) is 15.0. The van der Waals surface area contributed by atoms with Crippen molar-refractivity contribution in [1.82, 2.24) is 10.3 Å². The number of hydrogen-bond acceptors (Lipinski definition) is 5. The molecule has 4 bridgehead atoms. The van der Waals surface area contributed by atoms with Gasteiger partial charge in [-0.05, 0) is 92.9 Å². The molecule has 1 aliphatic heterocycles. The number of thioether (sulfide) groups is 1. The fourth-order valence-electron chi connectivity index (χ4n) is 6.76. The molecule has 4 aliphatic carbocycles. The van der Waals surface area contributed by atoms with E-state index in [1.165, 1.54) is 32.1 Å². The van der Waals surface area contributed by atoms with Crippen LogP contribution in [0.25, 0.3) is 0 Å². The third-order valence-electron chi connectivity index (χ3n) is 7.89. The van der Waals surface area contributed by atoms with Crippen LogP contribution in [0.4, 0.5) is 5.82 Å². The Bertz CT molecular complexity index is 832. The first kappa shape index (κ1) is 21.1. The van der Waals surface area contributed by atoms with Gasteiger partial charge in [-0.15, -0.1) is 11.8 Å². The number of aromatic nitrogens is 1. The molecule has 168 valence electrons. The second-order valence-electron chi connectivity index (χ2n) is 9.99. The Balaban J connectivity index is 1.36. The second kappa shape index (κ2) is 8.64. The summed E-state index contributed by atoms with van der Waals surface area (Å²) in [5.41, 5.74) is 0.641. The standard InChI is InChI=1S/C24H33N3O3S/c1-2-8-31-23-18(5-6-20(25-23)27-7-3-4-19(27)24(29)30)22(28)26-21-16-10-14-9-15(12-16)13-17(21)11-14/h5-6,14-17,19,21H,2-4,7-13H2,1H3,(H,26,28)(H,29,30). The van der Waals surface area contributed by atoms with E-state index < -0.39 is 12.0 Å². The Labute approximate surface area is 188 Å². The molecule has 5 fully saturated rings. The Morgan fingerprint density at radius 1 is 1.16 bits per heavy atom. The second-order valence-corrected chi connectivity index (χ2v) is 11.1. The quantitative estimate of drug-likeness (QED) is 0.615. The summed E-state index contributed by atoms with van der Waals surface area (Å²) in [5.74, 6) is 3.80. The molecule has 31 heavy (non-hydrogen) atoms. The summed E-state index contributed by atoms with van der Waals surface area (Å²) >= 11 is 1.60. The lowest BCUT2D eigenvalue weighted by Crippen LogP contribution is -2.55. The molecule has 4 saturated carbocycles. The maximum Gasteiger partial charge on any atom is 0.326 e. The van der Waals surface area contributed by atoms with E-state index in [-0.39, 0.29) is 5.91 Å². The van der Waals surface area contributed by atoms with E-state index in [1.807, 2.05) is 17.0 Å². The molecule has 6 rings (SSSR count). The number of carbonyl (C=O) groups excluding carboxylic acids is 1. The SMILES string of the molecule is CCCSc1nc(N2CCCC2C(=O)O)ccc1C(=O)NC1C2CC3CC(C2)CC1C3. The molecule has 7 heteroatoms. The summed E-state index contributed by atoms with van der Waals surface area (Å²) in [6.07, 6.45) is 9.00. The summed E-state index contributed by atoms with van der Waals surface area (Å²) in [7, 11) is 0. The van der Waals surface area contributed by atoms with E-state index in [1.54, 1.807) is 11.8 Å². The molecule has 1 saturated heterocycles. The monoisotopic (exact) mass is 443 g/mol. The molecular weight excluding hydrogens is 410 g/mol. The summed E-state index contributed by atoms with van der Waals surface area (Å²) < 4.78 is 0. The maximum atomic E-state index is 13.4. The minimum Gasteiger partial charge on any atom is -0.480 e. The number of amides is 1. The van der Waals surface area contributed by atoms with E-state index >= 15 is 0 Å². The number of hydrogen-bond donors (Lipinski definition) is 2. The van der Waals surface area contributed by atoms with Gasteiger partial charge in [-0.25, -0.2) is 9.78 Å². The first-order valence-corrected chi connectivity index (χ1v) is 13.0. The van der Waals surface area contributed by atoms with Crippen LogP contribution in [0.5, 0.6) is 0 Å². The first-order valence-electron chi connectivity index (χ1n) is 12.0. The molecule has 2 heterocycles. The van der Waals surface area contributed by atoms with Gasteiger partial charge in [0.1, 0.15) is 16.9 Å². The number of nitrogens with zero attached hydrogens (tertiary/aromatic N) is 2. The van der Waals surface area contributed by atoms with E-state index in [2.05, 4.69) is 12.2 Å². The van der Waals surface area contributed by atoms with Crippen molar-refractivity contribution < 1.29 is 14.7 Å². The van der Waals surface area contributed by atoms with Gasteiger partial charge in [0.2, 0.25) is 0 Å². The van der Waals surface area contributed by atoms with Crippen molar-refractivity contribution in [2.75, 3.05) is 17.2 Å². The largest absolute Gasteiger partial charge is 0.480 e. The Hall–Kier alpha value is -1.76. The van der Waals surface area contributed by atoms with E-state index in [0.29, 0.717) is 42.2 Å². The van der Waals surface area contributed by atoms with Crippen LogP contribution in [-0.2, 0) is 4.79 Å². The number of carboxylic acids is 1. The topological polar surface area (TPSA) is 82.5 Å². The summed E-state index contributed by atoms with van der Waals surface area (Å²) in [6.45, 7) is 2.81. The number of pyridine rings is 1. The van der Waals surface area contributed by atoms with E-state index in [9.17, 15) is 14.7 Å². The normalized spacial score (nSPS) is 33.6. The van der Waals surface area contributed by atoms with Crippen LogP contribution in [0.3, 0.4) is 0 Å². The molecule has 1 aromatic heterocycles. The number of anilines is 1. The minimum atomic E-state index is -0.800. The lowest BCUT2D eigenvalue weighted by Gasteiger charge is -2.54. The molecule has 0 spiro atoms. The van der Waals surface area contributed by atoms with Crippen molar-refractivity contribution in [2.45, 2.75) is 75.4 Å². The minimum absolute atomic E-state index is 0.00802. The number of carboxylic acid groups (broad SMARTS) is 1. The molecule has 1 amide bonds. The summed E-state index contributed by atoms with van der Waals surface area (Å²) in [5, 5.41) is 13.7. The van der Waals surface area contributed by atoms with Crippen molar-refractivity contribution in [2.24, 2.45) is 23.7 Å². The van der Waals surface area contributed by atoms with Crippen molar-refractivity contribution in [3.8, 4) is 0 Å². The van der Waals surface area contributed by atoms with Gasteiger partial charge in [-0.1, -0.05) is 6.92 Å². The zero-order chi connectivity index (χ0) is 21.5. The third kappa shape index (κ3) is 4.06. The lowest BCUT2D eigenvalue weighted by molar-refractivity contribution is -0.138. The van der Waals surface area contributed by atoms with Crippen molar-refractivity contribution >= 4 is 29.5 Å². The van der Waals surface area contributed by atoms with Crippen molar-refractivity contribution in [3.05, 3.63) is 17.7 Å². The van der Waals surface area contributed by atoms with Gasteiger partial charge in [-0.2, -0.15) is 0 Å². The average molecular weight is 444 g/mol. The molecule has 2 N–H and O–H groups in total.